The molecule has 0 aromatic heterocycles. The molecule has 5 atom stereocenters. The summed E-state index contributed by atoms with van der Waals surface area (Å²) in [5.74, 6) is 2.35. The third-order valence-electron chi connectivity index (χ3n) is 8.33. The van der Waals surface area contributed by atoms with Crippen LogP contribution in [0, 0.1) is 23.2 Å². The van der Waals surface area contributed by atoms with Crippen LogP contribution in [0.25, 0.3) is 0 Å². The molecule has 4 aliphatic rings. The van der Waals surface area contributed by atoms with Crippen molar-refractivity contribution in [3.63, 3.8) is 0 Å². The van der Waals surface area contributed by atoms with Crippen LogP contribution in [0.1, 0.15) is 50.7 Å². The molecule has 2 heterocycles. The third kappa shape index (κ3) is 3.55. The molecule has 2 aliphatic carbocycles. The lowest BCUT2D eigenvalue weighted by Gasteiger charge is -2.46. The van der Waals surface area contributed by atoms with E-state index in [0.29, 0.717) is 5.92 Å². The molecule has 31 heavy (non-hydrogen) atoms. The molecule has 5 nitrogen and oxygen atoms in total. The summed E-state index contributed by atoms with van der Waals surface area (Å²) >= 11 is 0. The second kappa shape index (κ2) is 7.84. The number of allylic oxidation sites excluding steroid dienone is 1. The second-order valence-electron chi connectivity index (χ2n) is 10.3. The first-order chi connectivity index (χ1) is 14.9. The van der Waals surface area contributed by atoms with Gasteiger partial charge >= 0.3 is 5.97 Å². The molecule has 2 aliphatic heterocycles. The van der Waals surface area contributed by atoms with Crippen LogP contribution >= 0.6 is 0 Å². The van der Waals surface area contributed by atoms with Crippen LogP contribution in [0.5, 0.6) is 11.5 Å². The van der Waals surface area contributed by atoms with Crippen LogP contribution in [-0.2, 0) is 22.5 Å². The smallest absolute Gasteiger partial charge is 0.311 e. The van der Waals surface area contributed by atoms with E-state index in [1.807, 2.05) is 0 Å². The molecular formula is C26H35NO4. The fourth-order valence-corrected chi connectivity index (χ4v) is 6.63. The van der Waals surface area contributed by atoms with Crippen LogP contribution in [0.4, 0.5) is 0 Å². The number of rotatable bonds is 4. The van der Waals surface area contributed by atoms with Gasteiger partial charge in [-0.05, 0) is 60.3 Å². The summed E-state index contributed by atoms with van der Waals surface area (Å²) in [5, 5.41) is 0. The van der Waals surface area contributed by atoms with Crippen LogP contribution in [0.2, 0.25) is 0 Å². The number of esters is 1. The number of carbonyl (C=O) groups excluding carboxylic acids is 1. The largest absolute Gasteiger partial charge is 0.493 e. The molecule has 1 saturated carbocycles. The molecular weight excluding hydrogens is 390 g/mol. The fraction of sp³-hybridized carbons (Fsp3) is 0.654. The van der Waals surface area contributed by atoms with E-state index in [1.54, 1.807) is 19.8 Å². The zero-order chi connectivity index (χ0) is 21.8. The van der Waals surface area contributed by atoms with Gasteiger partial charge in [-0.15, -0.1) is 0 Å². The van der Waals surface area contributed by atoms with Crippen molar-refractivity contribution in [2.75, 3.05) is 27.3 Å². The average molecular weight is 426 g/mol. The number of hydrogen-bond donors (Lipinski definition) is 0. The Kier molecular flexibility index (Phi) is 5.28. The van der Waals surface area contributed by atoms with Gasteiger partial charge in [-0.25, -0.2) is 0 Å². The minimum absolute atomic E-state index is 0.000131. The predicted molar refractivity (Wildman–Crippen MR) is 119 cm³/mol. The molecule has 0 amide bonds. The van der Waals surface area contributed by atoms with Gasteiger partial charge in [0, 0.05) is 25.6 Å². The Labute approximate surface area is 185 Å². The first-order valence-electron chi connectivity index (χ1n) is 11.8. The van der Waals surface area contributed by atoms with Gasteiger partial charge in [-0.2, -0.15) is 0 Å². The van der Waals surface area contributed by atoms with Crippen LogP contribution in [-0.4, -0.2) is 44.3 Å². The predicted octanol–water partition coefficient (Wildman–Crippen LogP) is 4.38. The molecule has 0 unspecified atom stereocenters. The molecule has 2 fully saturated rings. The molecule has 5 heteroatoms. The Hall–Kier alpha value is -2.01. The molecule has 5 rings (SSSR count). The van der Waals surface area contributed by atoms with Crippen molar-refractivity contribution in [1.29, 1.82) is 0 Å². The van der Waals surface area contributed by atoms with E-state index in [9.17, 15) is 4.79 Å². The number of ether oxygens (including phenoxy) is 3. The Morgan fingerprint density at radius 3 is 2.68 bits per heavy atom. The molecule has 0 bridgehead atoms. The van der Waals surface area contributed by atoms with Crippen molar-refractivity contribution in [1.82, 2.24) is 4.90 Å². The van der Waals surface area contributed by atoms with E-state index in [4.69, 9.17) is 14.2 Å². The Morgan fingerprint density at radius 2 is 1.94 bits per heavy atom. The van der Waals surface area contributed by atoms with Crippen LogP contribution in [0.3, 0.4) is 0 Å². The zero-order valence-electron chi connectivity index (χ0n) is 19.3. The van der Waals surface area contributed by atoms with Gasteiger partial charge in [0.15, 0.2) is 11.5 Å². The molecule has 1 saturated heterocycles. The summed E-state index contributed by atoms with van der Waals surface area (Å²) in [4.78, 5) is 15.3. The van der Waals surface area contributed by atoms with Gasteiger partial charge in [-0.1, -0.05) is 31.9 Å². The number of hydrogen-bond acceptors (Lipinski definition) is 5. The number of nitrogens with zero attached hydrogens (tertiary/aromatic N) is 1. The first-order valence-corrected chi connectivity index (χ1v) is 11.8. The molecule has 1 aromatic rings. The van der Waals surface area contributed by atoms with Crippen molar-refractivity contribution in [2.45, 2.75) is 58.6 Å². The summed E-state index contributed by atoms with van der Waals surface area (Å²) in [6.45, 7) is 7.30. The van der Waals surface area contributed by atoms with Crippen molar-refractivity contribution in [3.8, 4) is 11.5 Å². The third-order valence-corrected chi connectivity index (χ3v) is 8.33. The highest BCUT2D eigenvalue weighted by Gasteiger charge is 2.52. The van der Waals surface area contributed by atoms with Gasteiger partial charge in [0.2, 0.25) is 0 Å². The minimum atomic E-state index is -0.0575. The summed E-state index contributed by atoms with van der Waals surface area (Å²) in [6, 6.07) is 4.19. The van der Waals surface area contributed by atoms with Gasteiger partial charge < -0.3 is 14.2 Å². The Morgan fingerprint density at radius 1 is 1.19 bits per heavy atom. The lowest BCUT2D eigenvalue weighted by molar-refractivity contribution is -0.145. The molecule has 1 aromatic carbocycles. The number of methoxy groups -OCH3 is 2. The standard InChI is InChI=1S/C26H35NO4/c1-16-6-5-8-26(2)13-24-19(12-21(16)26)20(25(28)31-24)15-27-9-7-17-10-22(29-3)23(30-4)11-18(17)14-27/h10-12,16,19-20,24H,5-9,13-15H2,1-4H3/t16-,19+,20+,24+,26+/m0/s1. The molecule has 0 N–H and O–H groups in total. The fourth-order valence-electron chi connectivity index (χ4n) is 6.63. The molecule has 0 spiro atoms. The van der Waals surface area contributed by atoms with Gasteiger partial charge in [0.25, 0.3) is 0 Å². The Bertz CT molecular complexity index is 909. The average Bonchev–Trinajstić information content (AvgIpc) is 3.04. The van der Waals surface area contributed by atoms with Crippen LogP contribution in [0.15, 0.2) is 23.8 Å². The molecule has 0 radical (unpaired) electrons. The number of fused-ring (bicyclic) bond motifs is 3. The van der Waals surface area contributed by atoms with Crippen molar-refractivity contribution < 1.29 is 19.0 Å². The quantitative estimate of drug-likeness (QED) is 0.529. The van der Waals surface area contributed by atoms with Crippen LogP contribution < -0.4 is 9.47 Å². The van der Waals surface area contributed by atoms with E-state index in [1.165, 1.54) is 30.4 Å². The number of carbonyl (C=O) groups is 1. The normalized spacial score (nSPS) is 34.8. The minimum Gasteiger partial charge on any atom is -0.493 e. The summed E-state index contributed by atoms with van der Waals surface area (Å²) in [7, 11) is 3.36. The first kappa shape index (κ1) is 20.9. The van der Waals surface area contributed by atoms with Crippen molar-refractivity contribution in [2.24, 2.45) is 23.2 Å². The van der Waals surface area contributed by atoms with E-state index in [-0.39, 0.29) is 29.3 Å². The highest BCUT2D eigenvalue weighted by molar-refractivity contribution is 5.76. The summed E-state index contributed by atoms with van der Waals surface area (Å²) in [6.07, 6.45) is 8.25. The van der Waals surface area contributed by atoms with E-state index in [0.717, 1.165) is 44.0 Å². The van der Waals surface area contributed by atoms with Gasteiger partial charge in [0.1, 0.15) is 6.10 Å². The van der Waals surface area contributed by atoms with E-state index in [2.05, 4.69) is 37.0 Å². The lowest BCUT2D eigenvalue weighted by Crippen LogP contribution is -2.41. The maximum Gasteiger partial charge on any atom is 0.311 e. The van der Waals surface area contributed by atoms with Crippen molar-refractivity contribution in [3.05, 3.63) is 34.9 Å². The highest BCUT2D eigenvalue weighted by Crippen LogP contribution is 2.54. The number of benzene rings is 1. The zero-order valence-corrected chi connectivity index (χ0v) is 19.3. The maximum atomic E-state index is 12.9. The monoisotopic (exact) mass is 425 g/mol. The van der Waals surface area contributed by atoms with Crippen molar-refractivity contribution >= 4 is 5.97 Å². The van der Waals surface area contributed by atoms with E-state index >= 15 is 0 Å². The topological polar surface area (TPSA) is 48.0 Å². The molecule has 168 valence electrons. The maximum absolute atomic E-state index is 12.9. The highest BCUT2D eigenvalue weighted by atomic mass is 16.6. The van der Waals surface area contributed by atoms with Gasteiger partial charge in [0.05, 0.1) is 20.1 Å². The Balaban J connectivity index is 1.35. The van der Waals surface area contributed by atoms with Gasteiger partial charge in [-0.3, -0.25) is 9.69 Å². The van der Waals surface area contributed by atoms with E-state index < -0.39 is 0 Å². The lowest BCUT2D eigenvalue weighted by atomic mass is 9.59. The summed E-state index contributed by atoms with van der Waals surface area (Å²) < 4.78 is 16.9. The second-order valence-corrected chi connectivity index (χ2v) is 10.3. The summed E-state index contributed by atoms with van der Waals surface area (Å²) in [5.41, 5.74) is 4.38. The SMILES string of the molecule is COc1cc2c(cc1OC)CN(C[C@H]1C(=O)O[C@@H]3C[C@@]4(C)CCC[C@H](C)C4=C[C@@H]31)CC2.